The van der Waals surface area contributed by atoms with Gasteiger partial charge in [-0.25, -0.2) is 0 Å². The van der Waals surface area contributed by atoms with E-state index < -0.39 is 0 Å². The maximum atomic E-state index is 4.49. The molecule has 3 saturated heterocycles. The molecule has 0 radical (unpaired) electrons. The predicted molar refractivity (Wildman–Crippen MR) is 109 cm³/mol. The van der Waals surface area contributed by atoms with E-state index in [9.17, 15) is 0 Å². The molecule has 3 nitrogen and oxygen atoms in total. The Kier molecular flexibility index (Phi) is 5.30. The lowest BCUT2D eigenvalue weighted by molar-refractivity contribution is 0.0361. The van der Waals surface area contributed by atoms with Crippen LogP contribution in [0.1, 0.15) is 39.5 Å². The van der Waals surface area contributed by atoms with Gasteiger partial charge in [-0.15, -0.1) is 12.6 Å². The summed E-state index contributed by atoms with van der Waals surface area (Å²) in [5.74, 6) is 0.879. The highest BCUT2D eigenvalue weighted by atomic mass is 32.1. The molecule has 2 atom stereocenters. The second-order valence-corrected chi connectivity index (χ2v) is 9.10. The number of piperidine rings is 1. The molecule has 3 aliphatic heterocycles. The zero-order chi connectivity index (χ0) is 17.4. The van der Waals surface area contributed by atoms with Crippen molar-refractivity contribution in [3.8, 4) is 0 Å². The molecule has 138 valence electrons. The third-order valence-electron chi connectivity index (χ3n) is 6.67. The summed E-state index contributed by atoms with van der Waals surface area (Å²) < 4.78 is 0. The molecule has 0 spiro atoms. The molecule has 3 fully saturated rings. The standard InChI is InChI=1S/C21H33N3S/c1-16(2)23-14-19-6-7-20(15-23)24(19)13-17-8-10-22(11-9-17)18-4-3-5-21(25)12-18/h3-5,12,16-17,19-20,25H,6-11,13-15H2,1-2H3. The van der Waals surface area contributed by atoms with Crippen molar-refractivity contribution >= 4 is 18.3 Å². The molecule has 4 heteroatoms. The maximum absolute atomic E-state index is 4.49. The molecule has 4 rings (SSSR count). The van der Waals surface area contributed by atoms with Crippen molar-refractivity contribution in [1.29, 1.82) is 0 Å². The van der Waals surface area contributed by atoms with Crippen molar-refractivity contribution in [2.45, 2.75) is 62.6 Å². The van der Waals surface area contributed by atoms with Gasteiger partial charge in [-0.2, -0.15) is 0 Å². The van der Waals surface area contributed by atoms with Crippen LogP contribution in [0.3, 0.4) is 0 Å². The first-order valence-electron chi connectivity index (χ1n) is 10.1. The van der Waals surface area contributed by atoms with Crippen LogP contribution in [0, 0.1) is 5.92 Å². The number of fused-ring (bicyclic) bond motifs is 2. The normalized spacial score (nSPS) is 28.9. The summed E-state index contributed by atoms with van der Waals surface area (Å²) in [6, 6.07) is 11.0. The maximum Gasteiger partial charge on any atom is 0.0377 e. The molecule has 2 bridgehead atoms. The Morgan fingerprint density at radius 3 is 2.32 bits per heavy atom. The van der Waals surface area contributed by atoms with Gasteiger partial charge in [0.2, 0.25) is 0 Å². The van der Waals surface area contributed by atoms with Crippen molar-refractivity contribution in [3.05, 3.63) is 24.3 Å². The average Bonchev–Trinajstić information content (AvgIpc) is 2.83. The van der Waals surface area contributed by atoms with Gasteiger partial charge >= 0.3 is 0 Å². The number of hydrogen-bond acceptors (Lipinski definition) is 4. The predicted octanol–water partition coefficient (Wildman–Crippen LogP) is 3.75. The van der Waals surface area contributed by atoms with Crippen LogP contribution >= 0.6 is 12.6 Å². The lowest BCUT2D eigenvalue weighted by atomic mass is 9.94. The van der Waals surface area contributed by atoms with Gasteiger partial charge in [0.15, 0.2) is 0 Å². The first-order valence-corrected chi connectivity index (χ1v) is 10.6. The number of anilines is 1. The van der Waals surface area contributed by atoms with Gasteiger partial charge < -0.3 is 4.90 Å². The zero-order valence-electron chi connectivity index (χ0n) is 15.8. The monoisotopic (exact) mass is 359 g/mol. The number of nitrogens with zero attached hydrogens (tertiary/aromatic N) is 3. The number of piperazine rings is 1. The van der Waals surface area contributed by atoms with Crippen molar-refractivity contribution in [2.24, 2.45) is 5.92 Å². The Morgan fingerprint density at radius 2 is 1.72 bits per heavy atom. The molecule has 1 aromatic rings. The van der Waals surface area contributed by atoms with E-state index in [4.69, 9.17) is 0 Å². The lowest BCUT2D eigenvalue weighted by Gasteiger charge is -2.45. The van der Waals surface area contributed by atoms with Crippen molar-refractivity contribution < 1.29 is 0 Å². The van der Waals surface area contributed by atoms with Crippen LogP contribution in [0.4, 0.5) is 5.69 Å². The average molecular weight is 360 g/mol. The molecular formula is C21H33N3S. The Morgan fingerprint density at radius 1 is 1.04 bits per heavy atom. The second kappa shape index (κ2) is 7.50. The van der Waals surface area contributed by atoms with Gasteiger partial charge in [-0.3, -0.25) is 9.80 Å². The van der Waals surface area contributed by atoms with Crippen LogP contribution in [0.25, 0.3) is 0 Å². The fraction of sp³-hybridized carbons (Fsp3) is 0.714. The fourth-order valence-electron chi connectivity index (χ4n) is 5.10. The molecular weight excluding hydrogens is 326 g/mol. The molecule has 0 N–H and O–H groups in total. The minimum absolute atomic E-state index is 0.705. The Balaban J connectivity index is 1.31. The third-order valence-corrected chi connectivity index (χ3v) is 6.95. The molecule has 0 amide bonds. The Labute approximate surface area is 158 Å². The topological polar surface area (TPSA) is 9.72 Å². The summed E-state index contributed by atoms with van der Waals surface area (Å²) in [6.07, 6.45) is 5.50. The number of likely N-dealkylation sites (tertiary alicyclic amines) is 1. The summed E-state index contributed by atoms with van der Waals surface area (Å²) >= 11 is 4.49. The van der Waals surface area contributed by atoms with E-state index in [-0.39, 0.29) is 0 Å². The van der Waals surface area contributed by atoms with E-state index in [0.717, 1.165) is 22.9 Å². The van der Waals surface area contributed by atoms with Crippen LogP contribution in [-0.2, 0) is 0 Å². The minimum Gasteiger partial charge on any atom is -0.371 e. The summed E-state index contributed by atoms with van der Waals surface area (Å²) in [6.45, 7) is 11.0. The SMILES string of the molecule is CC(C)N1CC2CCC(C1)N2CC1CCN(c2cccc(S)c2)CC1. The first-order chi connectivity index (χ1) is 12.1. The van der Waals surface area contributed by atoms with Gasteiger partial charge in [0.1, 0.15) is 0 Å². The third kappa shape index (κ3) is 3.86. The highest BCUT2D eigenvalue weighted by molar-refractivity contribution is 7.80. The van der Waals surface area contributed by atoms with Gasteiger partial charge in [-0.1, -0.05) is 6.07 Å². The fourth-order valence-corrected chi connectivity index (χ4v) is 5.32. The van der Waals surface area contributed by atoms with Crippen molar-refractivity contribution in [3.63, 3.8) is 0 Å². The number of thiol groups is 1. The van der Waals surface area contributed by atoms with Crippen LogP contribution in [0.5, 0.6) is 0 Å². The van der Waals surface area contributed by atoms with Gasteiger partial charge in [0, 0.05) is 61.4 Å². The zero-order valence-corrected chi connectivity index (χ0v) is 16.7. The number of rotatable bonds is 4. The molecule has 25 heavy (non-hydrogen) atoms. The quantitative estimate of drug-likeness (QED) is 0.821. The highest BCUT2D eigenvalue weighted by Gasteiger charge is 2.41. The van der Waals surface area contributed by atoms with E-state index in [2.05, 4.69) is 65.4 Å². The van der Waals surface area contributed by atoms with E-state index in [1.54, 1.807) is 0 Å². The van der Waals surface area contributed by atoms with Gasteiger partial charge in [0.05, 0.1) is 0 Å². The number of benzene rings is 1. The van der Waals surface area contributed by atoms with Gasteiger partial charge in [-0.05, 0) is 63.6 Å². The smallest absolute Gasteiger partial charge is 0.0377 e. The van der Waals surface area contributed by atoms with Gasteiger partial charge in [0.25, 0.3) is 0 Å². The largest absolute Gasteiger partial charge is 0.371 e. The first kappa shape index (κ1) is 17.7. The molecule has 3 heterocycles. The summed E-state index contributed by atoms with van der Waals surface area (Å²) in [5, 5.41) is 0. The van der Waals surface area contributed by atoms with E-state index in [0.29, 0.717) is 6.04 Å². The lowest BCUT2D eigenvalue weighted by Crippen LogP contribution is -2.56. The molecule has 1 aromatic carbocycles. The Bertz CT molecular complexity index is 568. The van der Waals surface area contributed by atoms with Crippen LogP contribution < -0.4 is 4.90 Å². The van der Waals surface area contributed by atoms with Crippen LogP contribution in [0.15, 0.2) is 29.2 Å². The Hall–Kier alpha value is -0.710. The summed E-state index contributed by atoms with van der Waals surface area (Å²) in [5.41, 5.74) is 1.34. The molecule has 0 saturated carbocycles. The van der Waals surface area contributed by atoms with E-state index in [1.165, 1.54) is 64.1 Å². The summed E-state index contributed by atoms with van der Waals surface area (Å²) in [4.78, 5) is 9.19. The molecule has 0 aliphatic carbocycles. The summed E-state index contributed by atoms with van der Waals surface area (Å²) in [7, 11) is 0. The van der Waals surface area contributed by atoms with E-state index in [1.807, 2.05) is 0 Å². The molecule has 3 aliphatic rings. The van der Waals surface area contributed by atoms with Crippen molar-refractivity contribution in [2.75, 3.05) is 37.6 Å². The van der Waals surface area contributed by atoms with Crippen LogP contribution in [0.2, 0.25) is 0 Å². The molecule has 2 unspecified atom stereocenters. The minimum atomic E-state index is 0.705. The van der Waals surface area contributed by atoms with Crippen LogP contribution in [-0.4, -0.2) is 60.6 Å². The number of hydrogen-bond donors (Lipinski definition) is 1. The second-order valence-electron chi connectivity index (χ2n) is 8.58. The van der Waals surface area contributed by atoms with Crippen molar-refractivity contribution in [1.82, 2.24) is 9.80 Å². The highest BCUT2D eigenvalue weighted by Crippen LogP contribution is 2.34. The molecule has 0 aromatic heterocycles. The van der Waals surface area contributed by atoms with E-state index >= 15 is 0 Å².